The zero-order valence-electron chi connectivity index (χ0n) is 10.6. The maximum absolute atomic E-state index is 5.58. The molecule has 1 atom stereocenters. The Balaban J connectivity index is 2.16. The van der Waals surface area contributed by atoms with Crippen LogP contribution in [0.25, 0.3) is 0 Å². The Labute approximate surface area is 116 Å². The maximum atomic E-state index is 5.58. The molecule has 0 saturated heterocycles. The lowest BCUT2D eigenvalue weighted by Gasteiger charge is -2.16. The molecule has 2 aromatic heterocycles. The van der Waals surface area contributed by atoms with Gasteiger partial charge in [0.25, 0.3) is 0 Å². The lowest BCUT2D eigenvalue weighted by molar-refractivity contribution is 0.411. The first-order valence-electron chi connectivity index (χ1n) is 6.08. The van der Waals surface area contributed by atoms with Crippen LogP contribution in [0.3, 0.4) is 0 Å². The third-order valence-electron chi connectivity index (χ3n) is 2.87. The number of nitrogens with zero attached hydrogens (tertiary/aromatic N) is 1. The standard InChI is InChI=1S/C14H17BrN2O/c1-3-16-13(14-10(2)6-7-18-14)8-12-5-4-11(15)9-17-12/h4-7,9,13,16H,3,8H2,1-2H3. The molecule has 0 aliphatic rings. The number of aromatic nitrogens is 1. The summed E-state index contributed by atoms with van der Waals surface area (Å²) in [5.74, 6) is 1.00. The van der Waals surface area contributed by atoms with Crippen LogP contribution in [0, 0.1) is 6.92 Å². The summed E-state index contributed by atoms with van der Waals surface area (Å²) in [6.45, 7) is 5.07. The minimum atomic E-state index is 0.179. The van der Waals surface area contributed by atoms with E-state index in [1.807, 2.05) is 24.4 Å². The fourth-order valence-electron chi connectivity index (χ4n) is 1.98. The van der Waals surface area contributed by atoms with Gasteiger partial charge in [-0.05, 0) is 53.2 Å². The third kappa shape index (κ3) is 3.21. The SMILES string of the molecule is CCNC(Cc1ccc(Br)cn1)c1occc1C. The Hall–Kier alpha value is -1.13. The normalized spacial score (nSPS) is 12.6. The van der Waals surface area contributed by atoms with Crippen LogP contribution >= 0.6 is 15.9 Å². The van der Waals surface area contributed by atoms with Crippen LogP contribution in [0.1, 0.15) is 30.0 Å². The summed E-state index contributed by atoms with van der Waals surface area (Å²) in [4.78, 5) is 4.41. The van der Waals surface area contributed by atoms with E-state index in [-0.39, 0.29) is 6.04 Å². The van der Waals surface area contributed by atoms with E-state index in [1.165, 1.54) is 5.56 Å². The average Bonchev–Trinajstić information content (AvgIpc) is 2.78. The molecule has 3 nitrogen and oxygen atoms in total. The van der Waals surface area contributed by atoms with Gasteiger partial charge in [-0.2, -0.15) is 0 Å². The van der Waals surface area contributed by atoms with Gasteiger partial charge in [0.15, 0.2) is 0 Å². The Morgan fingerprint density at radius 2 is 2.22 bits per heavy atom. The first-order chi connectivity index (χ1) is 8.70. The van der Waals surface area contributed by atoms with Crippen molar-refractivity contribution in [3.63, 3.8) is 0 Å². The van der Waals surface area contributed by atoms with Crippen LogP contribution in [-0.4, -0.2) is 11.5 Å². The van der Waals surface area contributed by atoms with Gasteiger partial charge >= 0.3 is 0 Å². The number of pyridine rings is 1. The van der Waals surface area contributed by atoms with Gasteiger partial charge in [0, 0.05) is 22.8 Å². The van der Waals surface area contributed by atoms with E-state index in [4.69, 9.17) is 4.42 Å². The maximum Gasteiger partial charge on any atom is 0.123 e. The molecule has 2 heterocycles. The molecular weight excluding hydrogens is 292 g/mol. The van der Waals surface area contributed by atoms with E-state index < -0.39 is 0 Å². The van der Waals surface area contributed by atoms with E-state index in [0.29, 0.717) is 0 Å². The summed E-state index contributed by atoms with van der Waals surface area (Å²) >= 11 is 3.40. The average molecular weight is 309 g/mol. The van der Waals surface area contributed by atoms with Crippen molar-refractivity contribution in [1.29, 1.82) is 0 Å². The minimum absolute atomic E-state index is 0.179. The molecule has 0 amide bonds. The summed E-state index contributed by atoms with van der Waals surface area (Å²) < 4.78 is 6.58. The van der Waals surface area contributed by atoms with Crippen LogP contribution in [0.4, 0.5) is 0 Å². The summed E-state index contributed by atoms with van der Waals surface area (Å²) in [5.41, 5.74) is 2.23. The van der Waals surface area contributed by atoms with Crippen molar-refractivity contribution in [3.05, 3.63) is 52.1 Å². The fraction of sp³-hybridized carbons (Fsp3) is 0.357. The van der Waals surface area contributed by atoms with E-state index in [9.17, 15) is 0 Å². The van der Waals surface area contributed by atoms with Gasteiger partial charge in [0.2, 0.25) is 0 Å². The van der Waals surface area contributed by atoms with Crippen LogP contribution < -0.4 is 5.32 Å². The molecule has 0 fully saturated rings. The van der Waals surface area contributed by atoms with Crippen LogP contribution in [0.5, 0.6) is 0 Å². The van der Waals surface area contributed by atoms with Crippen molar-refractivity contribution in [1.82, 2.24) is 10.3 Å². The quantitative estimate of drug-likeness (QED) is 0.916. The lowest BCUT2D eigenvalue weighted by Crippen LogP contribution is -2.23. The molecule has 0 aliphatic carbocycles. The number of likely N-dealkylation sites (N-methyl/N-ethyl adjacent to an activating group) is 1. The number of furan rings is 1. The Bertz CT molecular complexity index is 493. The molecule has 2 aromatic rings. The summed E-state index contributed by atoms with van der Waals surface area (Å²) in [5, 5.41) is 3.44. The highest BCUT2D eigenvalue weighted by atomic mass is 79.9. The number of hydrogen-bond donors (Lipinski definition) is 1. The van der Waals surface area contributed by atoms with Crippen LogP contribution in [0.2, 0.25) is 0 Å². The highest BCUT2D eigenvalue weighted by molar-refractivity contribution is 9.10. The number of hydrogen-bond acceptors (Lipinski definition) is 3. The predicted molar refractivity (Wildman–Crippen MR) is 75.5 cm³/mol. The second-order valence-electron chi connectivity index (χ2n) is 4.25. The molecule has 96 valence electrons. The first-order valence-corrected chi connectivity index (χ1v) is 6.87. The molecule has 0 bridgehead atoms. The van der Waals surface area contributed by atoms with Gasteiger partial charge in [-0.25, -0.2) is 0 Å². The van der Waals surface area contributed by atoms with E-state index in [1.54, 1.807) is 6.26 Å². The van der Waals surface area contributed by atoms with Gasteiger partial charge in [0.05, 0.1) is 12.3 Å². The predicted octanol–water partition coefficient (Wildman–Crippen LogP) is 3.64. The van der Waals surface area contributed by atoms with Crippen molar-refractivity contribution in [3.8, 4) is 0 Å². The number of aryl methyl sites for hydroxylation is 1. The smallest absolute Gasteiger partial charge is 0.123 e. The van der Waals surface area contributed by atoms with Crippen LogP contribution in [-0.2, 0) is 6.42 Å². The number of halogens is 1. The molecule has 0 aliphatic heterocycles. The zero-order chi connectivity index (χ0) is 13.0. The van der Waals surface area contributed by atoms with Crippen molar-refractivity contribution in [2.24, 2.45) is 0 Å². The third-order valence-corrected chi connectivity index (χ3v) is 3.34. The molecule has 0 saturated carbocycles. The second-order valence-corrected chi connectivity index (χ2v) is 5.17. The summed E-state index contributed by atoms with van der Waals surface area (Å²) in [6, 6.07) is 6.22. The van der Waals surface area contributed by atoms with Crippen molar-refractivity contribution in [2.45, 2.75) is 26.3 Å². The molecule has 2 rings (SSSR count). The first kappa shape index (κ1) is 13.3. The van der Waals surface area contributed by atoms with Gasteiger partial charge in [-0.3, -0.25) is 4.98 Å². The van der Waals surface area contributed by atoms with Gasteiger partial charge in [-0.15, -0.1) is 0 Å². The Kier molecular flexibility index (Phi) is 4.55. The van der Waals surface area contributed by atoms with Gasteiger partial charge in [0.1, 0.15) is 5.76 Å². The fourth-order valence-corrected chi connectivity index (χ4v) is 2.22. The topological polar surface area (TPSA) is 38.1 Å². The highest BCUT2D eigenvalue weighted by Gasteiger charge is 2.17. The van der Waals surface area contributed by atoms with Crippen LogP contribution in [0.15, 0.2) is 39.5 Å². The monoisotopic (exact) mass is 308 g/mol. The van der Waals surface area contributed by atoms with Crippen molar-refractivity contribution in [2.75, 3.05) is 6.54 Å². The molecule has 4 heteroatoms. The molecule has 0 radical (unpaired) electrons. The van der Waals surface area contributed by atoms with Gasteiger partial charge < -0.3 is 9.73 Å². The summed E-state index contributed by atoms with van der Waals surface area (Å²) in [6.07, 6.45) is 4.40. The zero-order valence-corrected chi connectivity index (χ0v) is 12.2. The molecule has 0 spiro atoms. The lowest BCUT2D eigenvalue weighted by atomic mass is 10.1. The summed E-state index contributed by atoms with van der Waals surface area (Å²) in [7, 11) is 0. The Morgan fingerprint density at radius 3 is 2.78 bits per heavy atom. The Morgan fingerprint density at radius 1 is 1.39 bits per heavy atom. The van der Waals surface area contributed by atoms with Crippen molar-refractivity contribution < 1.29 is 4.42 Å². The largest absolute Gasteiger partial charge is 0.467 e. The molecule has 18 heavy (non-hydrogen) atoms. The van der Waals surface area contributed by atoms with E-state index in [0.717, 1.165) is 28.9 Å². The molecule has 1 N–H and O–H groups in total. The highest BCUT2D eigenvalue weighted by Crippen LogP contribution is 2.22. The second kappa shape index (κ2) is 6.16. The van der Waals surface area contributed by atoms with E-state index in [2.05, 4.69) is 40.1 Å². The minimum Gasteiger partial charge on any atom is -0.467 e. The number of nitrogens with one attached hydrogen (secondary N) is 1. The van der Waals surface area contributed by atoms with E-state index >= 15 is 0 Å². The molecular formula is C14H17BrN2O. The van der Waals surface area contributed by atoms with Crippen molar-refractivity contribution >= 4 is 15.9 Å². The number of rotatable bonds is 5. The molecule has 0 aromatic carbocycles. The van der Waals surface area contributed by atoms with Gasteiger partial charge in [-0.1, -0.05) is 6.92 Å². The molecule has 1 unspecified atom stereocenters.